The molecule has 4 rings (SSSR count). The van der Waals surface area contributed by atoms with E-state index in [0.717, 1.165) is 49.3 Å². The highest BCUT2D eigenvalue weighted by Crippen LogP contribution is 2.36. The minimum atomic E-state index is 0.0326. The highest BCUT2D eigenvalue weighted by atomic mass is 16.1. The van der Waals surface area contributed by atoms with E-state index in [9.17, 15) is 4.79 Å². The summed E-state index contributed by atoms with van der Waals surface area (Å²) in [7, 11) is 6.19. The lowest BCUT2D eigenvalue weighted by Crippen LogP contribution is -2.58. The highest BCUT2D eigenvalue weighted by molar-refractivity contribution is 5.94. The summed E-state index contributed by atoms with van der Waals surface area (Å²) in [6.07, 6.45) is 4.47. The summed E-state index contributed by atoms with van der Waals surface area (Å²) < 4.78 is 0. The zero-order valence-corrected chi connectivity index (χ0v) is 17.0. The Morgan fingerprint density at radius 2 is 2.04 bits per heavy atom. The molecule has 3 aliphatic rings. The molecule has 1 aromatic rings. The van der Waals surface area contributed by atoms with Crippen LogP contribution in [0.15, 0.2) is 36.9 Å². The van der Waals surface area contributed by atoms with Crippen molar-refractivity contribution in [3.8, 4) is 0 Å². The Hall–Kier alpha value is -1.85. The van der Waals surface area contributed by atoms with E-state index in [0.29, 0.717) is 6.04 Å². The fourth-order valence-corrected chi connectivity index (χ4v) is 4.59. The van der Waals surface area contributed by atoms with Crippen molar-refractivity contribution in [2.24, 2.45) is 11.8 Å². The Kier molecular flexibility index (Phi) is 6.55. The molecule has 0 aliphatic carbocycles. The van der Waals surface area contributed by atoms with Gasteiger partial charge < -0.3 is 15.1 Å². The van der Waals surface area contributed by atoms with Gasteiger partial charge in [-0.2, -0.15) is 0 Å². The lowest BCUT2D eigenvalue weighted by molar-refractivity contribution is -0.00778. The predicted molar refractivity (Wildman–Crippen MR) is 112 cm³/mol. The number of likely N-dealkylation sites (N-methyl/N-ethyl adjacent to an activating group) is 1. The van der Waals surface area contributed by atoms with Crippen LogP contribution in [0.3, 0.4) is 0 Å². The van der Waals surface area contributed by atoms with Crippen LogP contribution in [0.2, 0.25) is 0 Å². The molecule has 5 heteroatoms. The Balaban J connectivity index is 1.49. The van der Waals surface area contributed by atoms with E-state index in [1.807, 2.05) is 49.3 Å². The molecule has 0 spiro atoms. The maximum atomic E-state index is 12.5. The number of nitrogens with zero attached hydrogens (tertiary/aromatic N) is 3. The topological polar surface area (TPSA) is 38.8 Å². The Morgan fingerprint density at radius 3 is 2.63 bits per heavy atom. The number of rotatable bonds is 8. The molecule has 5 nitrogen and oxygen atoms in total. The van der Waals surface area contributed by atoms with Crippen LogP contribution in [0.4, 0.5) is 5.69 Å². The van der Waals surface area contributed by atoms with Gasteiger partial charge in [-0.05, 0) is 62.5 Å². The second kappa shape index (κ2) is 8.89. The zero-order chi connectivity index (χ0) is 19.4. The van der Waals surface area contributed by atoms with Gasteiger partial charge in [0.25, 0.3) is 5.91 Å². The molecule has 0 aromatic heterocycles. The summed E-state index contributed by atoms with van der Waals surface area (Å²) in [5, 5.41) is 3.16. The number of nitrogens with one attached hydrogen (secondary N) is 1. The van der Waals surface area contributed by atoms with E-state index in [4.69, 9.17) is 0 Å². The smallest absolute Gasteiger partial charge is 0.251 e. The maximum absolute atomic E-state index is 12.5. The lowest BCUT2D eigenvalue weighted by atomic mass is 9.75. The van der Waals surface area contributed by atoms with E-state index < -0.39 is 0 Å². The number of fused-ring (bicyclic) bond motifs is 3. The molecule has 1 N–H and O–H groups in total. The van der Waals surface area contributed by atoms with Gasteiger partial charge in [0.2, 0.25) is 0 Å². The van der Waals surface area contributed by atoms with Gasteiger partial charge in [0.15, 0.2) is 0 Å². The van der Waals surface area contributed by atoms with Crippen LogP contribution in [0, 0.1) is 11.8 Å². The molecule has 4 atom stereocenters. The number of hydrogen-bond donors (Lipinski definition) is 1. The molecular formula is C22H34N4O. The Labute approximate surface area is 164 Å². The lowest BCUT2D eigenvalue weighted by Gasteiger charge is -2.50. The second-order valence-electron chi connectivity index (χ2n) is 8.35. The van der Waals surface area contributed by atoms with E-state index in [2.05, 4.69) is 28.7 Å². The minimum absolute atomic E-state index is 0.0326. The monoisotopic (exact) mass is 370 g/mol. The molecule has 3 aliphatic heterocycles. The molecule has 0 saturated carbocycles. The van der Waals surface area contributed by atoms with Crippen molar-refractivity contribution in [1.29, 1.82) is 0 Å². The average Bonchev–Trinajstić information content (AvgIpc) is 2.67. The van der Waals surface area contributed by atoms with Gasteiger partial charge in [0, 0.05) is 57.6 Å². The first-order chi connectivity index (χ1) is 13.0. The largest absolute Gasteiger partial charge is 0.378 e. The number of hydrogen-bond acceptors (Lipinski definition) is 4. The Morgan fingerprint density at radius 1 is 1.30 bits per heavy atom. The molecular weight excluding hydrogens is 336 g/mol. The van der Waals surface area contributed by atoms with Gasteiger partial charge in [-0.15, -0.1) is 6.58 Å². The van der Waals surface area contributed by atoms with Crippen molar-refractivity contribution in [1.82, 2.24) is 15.1 Å². The number of amides is 1. The maximum Gasteiger partial charge on any atom is 0.251 e. The third kappa shape index (κ3) is 4.90. The summed E-state index contributed by atoms with van der Waals surface area (Å²) in [6, 6.07) is 8.28. The molecule has 1 unspecified atom stereocenters. The number of carbonyl (C=O) groups is 1. The van der Waals surface area contributed by atoms with Crippen molar-refractivity contribution in [3.05, 3.63) is 42.5 Å². The number of piperidine rings is 3. The summed E-state index contributed by atoms with van der Waals surface area (Å²) in [5.74, 6) is 1.56. The van der Waals surface area contributed by atoms with Crippen molar-refractivity contribution in [2.45, 2.75) is 18.9 Å². The molecule has 0 radical (unpaired) electrons. The number of anilines is 1. The normalized spacial score (nSPS) is 26.8. The van der Waals surface area contributed by atoms with Crippen LogP contribution in [0.1, 0.15) is 23.2 Å². The summed E-state index contributed by atoms with van der Waals surface area (Å²) in [4.78, 5) is 19.5. The van der Waals surface area contributed by atoms with E-state index in [1.54, 1.807) is 0 Å². The Bertz CT molecular complexity index is 642. The second-order valence-corrected chi connectivity index (χ2v) is 8.35. The minimum Gasteiger partial charge on any atom is -0.378 e. The molecule has 3 fully saturated rings. The summed E-state index contributed by atoms with van der Waals surface area (Å²) in [5.41, 5.74) is 1.84. The van der Waals surface area contributed by atoms with Crippen molar-refractivity contribution in [3.63, 3.8) is 0 Å². The first-order valence-electron chi connectivity index (χ1n) is 10.1. The van der Waals surface area contributed by atoms with Gasteiger partial charge in [0.1, 0.15) is 0 Å². The van der Waals surface area contributed by atoms with Gasteiger partial charge in [-0.25, -0.2) is 0 Å². The third-order valence-corrected chi connectivity index (χ3v) is 6.15. The molecule has 1 aromatic carbocycles. The summed E-state index contributed by atoms with van der Waals surface area (Å²) >= 11 is 0. The number of benzene rings is 1. The molecule has 27 heavy (non-hydrogen) atoms. The van der Waals surface area contributed by atoms with Gasteiger partial charge in [0.05, 0.1) is 0 Å². The molecule has 3 saturated heterocycles. The van der Waals surface area contributed by atoms with Crippen LogP contribution >= 0.6 is 0 Å². The quantitative estimate of drug-likeness (QED) is 0.713. The average molecular weight is 371 g/mol. The fraction of sp³-hybridized carbons (Fsp3) is 0.591. The van der Waals surface area contributed by atoms with E-state index >= 15 is 0 Å². The standard InChI is InChI=1S/C22H34N4O/c1-5-11-25(4)15-19-16-26-12-10-18(19)13-21(26)14-23-22(27)17-6-8-20(9-7-17)24(2)3/h5-9,18-19,21H,1,10-16H2,2-4H3,(H,23,27)/t18-,19-,21+/m0/s1. The van der Waals surface area contributed by atoms with Crippen LogP contribution in [-0.2, 0) is 0 Å². The van der Waals surface area contributed by atoms with Crippen LogP contribution in [0.5, 0.6) is 0 Å². The first kappa shape index (κ1) is 19.9. The van der Waals surface area contributed by atoms with Crippen molar-refractivity contribution in [2.75, 3.05) is 58.8 Å². The highest BCUT2D eigenvalue weighted by Gasteiger charge is 2.40. The van der Waals surface area contributed by atoms with Crippen molar-refractivity contribution >= 4 is 11.6 Å². The van der Waals surface area contributed by atoms with Crippen molar-refractivity contribution < 1.29 is 4.79 Å². The first-order valence-corrected chi connectivity index (χ1v) is 10.1. The molecule has 148 valence electrons. The molecule has 3 heterocycles. The SMILES string of the molecule is C=CCN(C)C[C@H]1CN2CC[C@H]1C[C@@H]2CNC(=O)c1ccc(N(C)C)cc1. The van der Waals surface area contributed by atoms with Gasteiger partial charge in [-0.1, -0.05) is 6.08 Å². The fourth-order valence-electron chi connectivity index (χ4n) is 4.59. The van der Waals surface area contributed by atoms with Crippen LogP contribution < -0.4 is 10.2 Å². The molecule has 1 amide bonds. The third-order valence-electron chi connectivity index (χ3n) is 6.15. The van der Waals surface area contributed by atoms with E-state index in [1.165, 1.54) is 19.4 Å². The van der Waals surface area contributed by atoms with Crippen LogP contribution in [0.25, 0.3) is 0 Å². The van der Waals surface area contributed by atoms with Gasteiger partial charge in [-0.3, -0.25) is 9.69 Å². The number of carbonyl (C=O) groups excluding carboxylic acids is 1. The van der Waals surface area contributed by atoms with Gasteiger partial charge >= 0.3 is 0 Å². The van der Waals surface area contributed by atoms with Crippen LogP contribution in [-0.4, -0.2) is 75.6 Å². The predicted octanol–water partition coefficient (Wildman–Crippen LogP) is 2.31. The van der Waals surface area contributed by atoms with E-state index in [-0.39, 0.29) is 5.91 Å². The summed E-state index contributed by atoms with van der Waals surface area (Å²) in [6.45, 7) is 9.01. The zero-order valence-electron chi connectivity index (χ0n) is 17.0. The molecule has 2 bridgehead atoms.